The molecule has 1 aromatic rings. The van der Waals surface area contributed by atoms with Crippen LogP contribution in [0.15, 0.2) is 29.4 Å². The summed E-state index contributed by atoms with van der Waals surface area (Å²) in [6, 6.07) is 0.0268. The number of urea groups is 1. The summed E-state index contributed by atoms with van der Waals surface area (Å²) in [6.45, 7) is 2.02. The molecule has 2 amide bonds. The Morgan fingerprint density at radius 3 is 2.03 bits per heavy atom. The highest BCUT2D eigenvalue weighted by Gasteiger charge is 2.76. The van der Waals surface area contributed by atoms with Gasteiger partial charge < -0.3 is 20.0 Å². The molecule has 0 spiro atoms. The van der Waals surface area contributed by atoms with Crippen LogP contribution in [0.4, 0.5) is 50.0 Å². The molecule has 3 N–H and O–H groups in total. The molecule has 0 aliphatic heterocycles. The topological polar surface area (TPSA) is 109 Å². The van der Waals surface area contributed by atoms with Crippen molar-refractivity contribution < 1.29 is 63.8 Å². The molecule has 18 heteroatoms. The number of aliphatic hydroxyl groups is 1. The molecule has 8 nitrogen and oxygen atoms in total. The number of hydrogen-bond acceptors (Lipinski definition) is 6. The van der Waals surface area contributed by atoms with Crippen molar-refractivity contribution in [1.29, 1.82) is 0 Å². The first-order valence-electron chi connectivity index (χ1n) is 9.96. The fraction of sp³-hybridized carbons (Fsp3) is 0.526. The van der Waals surface area contributed by atoms with Crippen molar-refractivity contribution in [3.8, 4) is 0 Å². The van der Waals surface area contributed by atoms with Gasteiger partial charge in [0.25, 0.3) is 5.60 Å². The lowest BCUT2D eigenvalue weighted by molar-refractivity contribution is -0.388. The number of esters is 1. The van der Waals surface area contributed by atoms with Gasteiger partial charge in [-0.05, 0) is 25.5 Å². The van der Waals surface area contributed by atoms with Crippen molar-refractivity contribution in [3.05, 3.63) is 29.8 Å². The Morgan fingerprint density at radius 1 is 1.00 bits per heavy atom. The molecule has 0 saturated carbocycles. The van der Waals surface area contributed by atoms with E-state index in [4.69, 9.17) is 11.6 Å². The van der Waals surface area contributed by atoms with Gasteiger partial charge in [0.2, 0.25) is 0 Å². The summed E-state index contributed by atoms with van der Waals surface area (Å²) in [5.74, 6) is -2.17. The monoisotopic (exact) mass is 575 g/mol. The standard InChI is InChI=1S/C19H19ClF9N3O5/c1-3-6-12(20)32-37-16(18(24,25)26,19(27,28)29)31-14(34)30-11-8-5-7-10(9-11)15(35,17(21,22)23)13(33)36-4-2/h5,7-9,35H,3-4,6H2,1-2H3,(H2,30,31,34). The number of amides is 2. The lowest BCUT2D eigenvalue weighted by atomic mass is 9.92. The van der Waals surface area contributed by atoms with Crippen molar-refractivity contribution in [1.82, 2.24) is 5.32 Å². The number of alkyl halides is 9. The second-order valence-corrected chi connectivity index (χ2v) is 7.51. The van der Waals surface area contributed by atoms with E-state index in [0.717, 1.165) is 13.0 Å². The number of rotatable bonds is 9. The van der Waals surface area contributed by atoms with Gasteiger partial charge in [-0.3, -0.25) is 5.32 Å². The molecule has 37 heavy (non-hydrogen) atoms. The number of nitrogens with zero attached hydrogens (tertiary/aromatic N) is 1. The van der Waals surface area contributed by atoms with Crippen LogP contribution in [0.2, 0.25) is 0 Å². The van der Waals surface area contributed by atoms with E-state index >= 15 is 0 Å². The molecule has 0 aliphatic rings. The van der Waals surface area contributed by atoms with E-state index in [1.54, 1.807) is 0 Å². The van der Waals surface area contributed by atoms with Crippen LogP contribution in [0.5, 0.6) is 0 Å². The third-order valence-corrected chi connectivity index (χ3v) is 4.60. The first kappa shape index (κ1) is 32.1. The molecule has 0 saturated heterocycles. The van der Waals surface area contributed by atoms with Crippen LogP contribution in [0.3, 0.4) is 0 Å². The third kappa shape index (κ3) is 7.09. The van der Waals surface area contributed by atoms with E-state index in [9.17, 15) is 54.2 Å². The molecule has 0 fully saturated rings. The molecule has 0 heterocycles. The van der Waals surface area contributed by atoms with Crippen molar-refractivity contribution in [2.45, 2.75) is 56.5 Å². The highest BCUT2D eigenvalue weighted by molar-refractivity contribution is 6.65. The predicted molar refractivity (Wildman–Crippen MR) is 109 cm³/mol. The molecule has 1 aromatic carbocycles. The summed E-state index contributed by atoms with van der Waals surface area (Å²) in [5, 5.41) is 13.8. The van der Waals surface area contributed by atoms with E-state index in [0.29, 0.717) is 17.4 Å². The fourth-order valence-corrected chi connectivity index (χ4v) is 2.80. The fourth-order valence-electron chi connectivity index (χ4n) is 2.58. The van der Waals surface area contributed by atoms with Gasteiger partial charge >= 0.3 is 36.3 Å². The smallest absolute Gasteiger partial charge is 0.461 e. The highest BCUT2D eigenvalue weighted by Crippen LogP contribution is 2.45. The van der Waals surface area contributed by atoms with Gasteiger partial charge in [0.15, 0.2) is 0 Å². The van der Waals surface area contributed by atoms with Crippen LogP contribution < -0.4 is 10.6 Å². The predicted octanol–water partition coefficient (Wildman–Crippen LogP) is 5.31. The van der Waals surface area contributed by atoms with Gasteiger partial charge in [0.1, 0.15) is 5.17 Å². The minimum atomic E-state index is -6.36. The Bertz CT molecular complexity index is 985. The zero-order chi connectivity index (χ0) is 28.9. The van der Waals surface area contributed by atoms with E-state index in [-0.39, 0.29) is 18.9 Å². The van der Waals surface area contributed by atoms with Gasteiger partial charge in [-0.15, -0.1) is 0 Å². The summed E-state index contributed by atoms with van der Waals surface area (Å²) in [4.78, 5) is 27.6. The Kier molecular flexibility index (Phi) is 10.1. The van der Waals surface area contributed by atoms with Crippen LogP contribution in [-0.2, 0) is 20.0 Å². The Hall–Kier alpha value is -2.95. The van der Waals surface area contributed by atoms with Crippen LogP contribution in [0.25, 0.3) is 0 Å². The van der Waals surface area contributed by atoms with E-state index in [2.05, 4.69) is 14.7 Å². The number of halogens is 10. The molecule has 1 atom stereocenters. The van der Waals surface area contributed by atoms with Crippen LogP contribution in [-0.4, -0.2) is 53.1 Å². The van der Waals surface area contributed by atoms with Crippen molar-refractivity contribution in [3.63, 3.8) is 0 Å². The van der Waals surface area contributed by atoms with Crippen LogP contribution in [0.1, 0.15) is 32.3 Å². The molecular weight excluding hydrogens is 557 g/mol. The molecule has 0 aromatic heterocycles. The Morgan fingerprint density at radius 2 is 1.57 bits per heavy atom. The van der Waals surface area contributed by atoms with Crippen LogP contribution >= 0.6 is 11.6 Å². The van der Waals surface area contributed by atoms with Crippen molar-refractivity contribution in [2.75, 3.05) is 11.9 Å². The Labute approximate surface area is 207 Å². The molecule has 0 bridgehead atoms. The van der Waals surface area contributed by atoms with Crippen LogP contribution in [0, 0.1) is 0 Å². The van der Waals surface area contributed by atoms with Gasteiger partial charge in [0.05, 0.1) is 6.61 Å². The number of oxime groups is 1. The van der Waals surface area contributed by atoms with Crippen molar-refractivity contribution >= 4 is 34.5 Å². The number of hydrogen-bond donors (Lipinski definition) is 3. The zero-order valence-corrected chi connectivity index (χ0v) is 19.5. The maximum absolute atomic E-state index is 13.5. The molecule has 0 aliphatic carbocycles. The maximum atomic E-state index is 13.5. The SMILES string of the molecule is CCCC(Cl)=NOC(NC(=O)Nc1cccc(C(O)(C(=O)OCC)C(F)(F)F)c1)(C(F)(F)F)C(F)(F)F. The largest absolute Gasteiger partial charge is 0.463 e. The molecule has 0 radical (unpaired) electrons. The average Bonchev–Trinajstić information content (AvgIpc) is 2.74. The molecular formula is C19H19ClF9N3O5. The number of benzene rings is 1. The van der Waals surface area contributed by atoms with Gasteiger partial charge in [0, 0.05) is 17.7 Å². The number of carbonyl (C=O) groups is 2. The highest BCUT2D eigenvalue weighted by atomic mass is 35.5. The number of carbonyl (C=O) groups excluding carboxylic acids is 2. The summed E-state index contributed by atoms with van der Waals surface area (Å²) in [7, 11) is 0. The normalized spacial score (nSPS) is 15.0. The number of nitrogens with one attached hydrogen (secondary N) is 2. The number of anilines is 1. The number of ether oxygens (including phenoxy) is 1. The minimum absolute atomic E-state index is 0.164. The quantitative estimate of drug-likeness (QED) is 0.122. The van der Waals surface area contributed by atoms with Gasteiger partial charge in [-0.1, -0.05) is 35.8 Å². The first-order chi connectivity index (χ1) is 16.8. The average molecular weight is 576 g/mol. The second kappa shape index (κ2) is 11.6. The van der Waals surface area contributed by atoms with E-state index in [1.165, 1.54) is 12.2 Å². The van der Waals surface area contributed by atoms with E-state index < -0.39 is 64.9 Å². The lowest BCUT2D eigenvalue weighted by Crippen LogP contribution is -2.69. The van der Waals surface area contributed by atoms with Gasteiger partial charge in [-0.2, -0.15) is 39.5 Å². The first-order valence-corrected chi connectivity index (χ1v) is 10.3. The molecule has 210 valence electrons. The second-order valence-electron chi connectivity index (χ2n) is 7.07. The maximum Gasteiger partial charge on any atom is 0.461 e. The summed E-state index contributed by atoms with van der Waals surface area (Å²) >= 11 is 5.41. The summed E-state index contributed by atoms with van der Waals surface area (Å²) in [6.07, 6.45) is -18.5. The zero-order valence-electron chi connectivity index (χ0n) is 18.7. The van der Waals surface area contributed by atoms with Crippen molar-refractivity contribution in [2.24, 2.45) is 5.16 Å². The lowest BCUT2D eigenvalue weighted by Gasteiger charge is -2.34. The minimum Gasteiger partial charge on any atom is -0.463 e. The molecule has 1 unspecified atom stereocenters. The summed E-state index contributed by atoms with van der Waals surface area (Å²) < 4.78 is 126. The van der Waals surface area contributed by atoms with Gasteiger partial charge in [-0.25, -0.2) is 9.59 Å². The van der Waals surface area contributed by atoms with E-state index in [1.807, 2.05) is 0 Å². The Balaban J connectivity index is 3.42. The summed E-state index contributed by atoms with van der Waals surface area (Å²) in [5.41, 5.74) is -11.8. The molecule has 1 rings (SSSR count). The third-order valence-electron chi connectivity index (χ3n) is 4.35.